The quantitative estimate of drug-likeness (QED) is 0.789. The third kappa shape index (κ3) is 4.18. The van der Waals surface area contributed by atoms with Crippen LogP contribution in [0.3, 0.4) is 0 Å². The lowest BCUT2D eigenvalue weighted by Gasteiger charge is -2.19. The van der Waals surface area contributed by atoms with Gasteiger partial charge in [0.25, 0.3) is 0 Å². The highest BCUT2D eigenvalue weighted by molar-refractivity contribution is 6.06. The summed E-state index contributed by atoms with van der Waals surface area (Å²) in [6.45, 7) is 1.96. The van der Waals surface area contributed by atoms with E-state index in [4.69, 9.17) is 4.74 Å². The number of benzene rings is 2. The number of ether oxygens (including phenoxy) is 1. The smallest absolute Gasteiger partial charge is 0.323 e. The molecule has 0 aliphatic carbocycles. The summed E-state index contributed by atoms with van der Waals surface area (Å²) < 4.78 is 5.08. The van der Waals surface area contributed by atoms with Crippen molar-refractivity contribution in [3.05, 3.63) is 54.1 Å². The molecule has 3 amide bonds. The molecule has 134 valence electrons. The minimum Gasteiger partial charge on any atom is -0.497 e. The first-order valence-corrected chi connectivity index (χ1v) is 8.24. The van der Waals surface area contributed by atoms with E-state index in [1.165, 1.54) is 0 Å². The number of nitrogens with one attached hydrogen (secondary N) is 3. The first-order chi connectivity index (χ1) is 12.5. The number of hydrazone groups is 1. The zero-order chi connectivity index (χ0) is 18.5. The minimum atomic E-state index is -0.335. The molecule has 3 N–H and O–H groups in total. The molecule has 7 heteroatoms. The van der Waals surface area contributed by atoms with Gasteiger partial charge in [0.2, 0.25) is 5.91 Å². The maximum Gasteiger partial charge on any atom is 0.323 e. The summed E-state index contributed by atoms with van der Waals surface area (Å²) in [6.07, 6.45) is 0.420. The second-order valence-electron chi connectivity index (χ2n) is 6.02. The predicted molar refractivity (Wildman–Crippen MR) is 101 cm³/mol. The topological polar surface area (TPSA) is 91.8 Å². The third-order valence-corrected chi connectivity index (χ3v) is 4.05. The van der Waals surface area contributed by atoms with Crippen molar-refractivity contribution in [2.24, 2.45) is 11.0 Å². The Morgan fingerprint density at radius 3 is 2.19 bits per heavy atom. The lowest BCUT2D eigenvalue weighted by molar-refractivity contribution is -0.121. The van der Waals surface area contributed by atoms with E-state index < -0.39 is 0 Å². The van der Waals surface area contributed by atoms with Gasteiger partial charge in [0.1, 0.15) is 5.75 Å². The number of hydrogen-bond donors (Lipinski definition) is 3. The molecular formula is C19H20N4O3. The van der Waals surface area contributed by atoms with Crippen LogP contribution in [-0.2, 0) is 4.79 Å². The maximum absolute atomic E-state index is 12.1. The Morgan fingerprint density at radius 1 is 1.08 bits per heavy atom. The zero-order valence-corrected chi connectivity index (χ0v) is 14.6. The number of carbonyl (C=O) groups is 2. The van der Waals surface area contributed by atoms with Gasteiger partial charge in [-0.05, 0) is 42.0 Å². The third-order valence-electron chi connectivity index (χ3n) is 4.05. The largest absolute Gasteiger partial charge is 0.497 e. The number of urea groups is 1. The fourth-order valence-corrected chi connectivity index (χ4v) is 2.69. The van der Waals surface area contributed by atoms with Gasteiger partial charge in [-0.15, -0.1) is 0 Å². The highest BCUT2D eigenvalue weighted by atomic mass is 16.5. The summed E-state index contributed by atoms with van der Waals surface area (Å²) in [6, 6.07) is 14.1. The van der Waals surface area contributed by atoms with Crippen LogP contribution >= 0.6 is 0 Å². The molecule has 0 spiro atoms. The Balaban J connectivity index is 1.61. The molecule has 2 aromatic carbocycles. The van der Waals surface area contributed by atoms with Gasteiger partial charge in [-0.1, -0.05) is 19.1 Å². The second-order valence-corrected chi connectivity index (χ2v) is 6.02. The Hall–Kier alpha value is -3.35. The number of nitrogens with zero attached hydrogens (tertiary/aromatic N) is 1. The van der Waals surface area contributed by atoms with Crippen molar-refractivity contribution in [2.75, 3.05) is 17.7 Å². The van der Waals surface area contributed by atoms with Crippen LogP contribution in [-0.4, -0.2) is 24.8 Å². The Kier molecular flexibility index (Phi) is 5.17. The summed E-state index contributed by atoms with van der Waals surface area (Å²) in [5.74, 6) is 0.707. The van der Waals surface area contributed by atoms with Crippen molar-refractivity contribution in [2.45, 2.75) is 13.3 Å². The molecule has 1 aliphatic rings. The van der Waals surface area contributed by atoms with Crippen LogP contribution < -0.4 is 20.8 Å². The SMILES string of the molecule is COc1ccc(NC(=O)Nc2ccc(C3=NNC(=O)CC3C)cc2)cc1. The summed E-state index contributed by atoms with van der Waals surface area (Å²) >= 11 is 0. The van der Waals surface area contributed by atoms with Gasteiger partial charge >= 0.3 is 6.03 Å². The summed E-state index contributed by atoms with van der Waals surface area (Å²) in [5.41, 5.74) is 5.58. The first kappa shape index (κ1) is 17.5. The van der Waals surface area contributed by atoms with E-state index in [2.05, 4.69) is 21.2 Å². The van der Waals surface area contributed by atoms with Crippen LogP contribution in [0.2, 0.25) is 0 Å². The van der Waals surface area contributed by atoms with Gasteiger partial charge in [-0.2, -0.15) is 5.10 Å². The molecule has 1 unspecified atom stereocenters. The molecular weight excluding hydrogens is 332 g/mol. The molecule has 1 atom stereocenters. The van der Waals surface area contributed by atoms with Crippen molar-refractivity contribution >= 4 is 29.0 Å². The van der Waals surface area contributed by atoms with Crippen molar-refractivity contribution in [1.82, 2.24) is 5.43 Å². The summed E-state index contributed by atoms with van der Waals surface area (Å²) in [7, 11) is 1.59. The van der Waals surface area contributed by atoms with E-state index in [9.17, 15) is 9.59 Å². The highest BCUT2D eigenvalue weighted by Crippen LogP contribution is 2.19. The fourth-order valence-electron chi connectivity index (χ4n) is 2.69. The number of carbonyl (C=O) groups excluding carboxylic acids is 2. The summed E-state index contributed by atoms with van der Waals surface area (Å²) in [4.78, 5) is 23.4. The number of methoxy groups -OCH3 is 1. The molecule has 0 radical (unpaired) electrons. The van der Waals surface area contributed by atoms with Crippen molar-refractivity contribution in [1.29, 1.82) is 0 Å². The van der Waals surface area contributed by atoms with Gasteiger partial charge < -0.3 is 15.4 Å². The zero-order valence-electron chi connectivity index (χ0n) is 14.6. The van der Waals surface area contributed by atoms with Crippen molar-refractivity contribution in [3.8, 4) is 5.75 Å². The maximum atomic E-state index is 12.1. The molecule has 1 aliphatic heterocycles. The molecule has 0 bridgehead atoms. The molecule has 0 saturated carbocycles. The number of rotatable bonds is 4. The molecule has 0 aromatic heterocycles. The van der Waals surface area contributed by atoms with Crippen LogP contribution in [0.4, 0.5) is 16.2 Å². The molecule has 1 heterocycles. The van der Waals surface area contributed by atoms with Gasteiger partial charge in [0, 0.05) is 23.7 Å². The molecule has 7 nitrogen and oxygen atoms in total. The Morgan fingerprint density at radius 2 is 1.65 bits per heavy atom. The first-order valence-electron chi connectivity index (χ1n) is 8.24. The Labute approximate surface area is 151 Å². The van der Waals surface area contributed by atoms with E-state index in [-0.39, 0.29) is 17.9 Å². The number of amides is 3. The monoisotopic (exact) mass is 352 g/mol. The second kappa shape index (κ2) is 7.69. The summed E-state index contributed by atoms with van der Waals surface area (Å²) in [5, 5.41) is 9.66. The van der Waals surface area contributed by atoms with Gasteiger partial charge in [0.15, 0.2) is 0 Å². The standard InChI is InChI=1S/C19H20N4O3/c1-12-11-17(24)22-23-18(12)13-3-5-14(6-4-13)20-19(25)21-15-7-9-16(26-2)10-8-15/h3-10,12H,11H2,1-2H3,(H,22,24)(H2,20,21,25). The van der Waals surface area contributed by atoms with Crippen LogP contribution in [0.1, 0.15) is 18.9 Å². The average Bonchev–Trinajstić information content (AvgIpc) is 2.63. The van der Waals surface area contributed by atoms with E-state index in [1.54, 1.807) is 43.5 Å². The van der Waals surface area contributed by atoms with Crippen LogP contribution in [0.25, 0.3) is 0 Å². The van der Waals surface area contributed by atoms with E-state index >= 15 is 0 Å². The Bertz CT molecular complexity index is 829. The van der Waals surface area contributed by atoms with Crippen LogP contribution in [0.15, 0.2) is 53.6 Å². The average molecular weight is 352 g/mol. The lowest BCUT2D eigenvalue weighted by Crippen LogP contribution is -2.31. The normalized spacial score (nSPS) is 16.3. The van der Waals surface area contributed by atoms with E-state index in [1.807, 2.05) is 19.1 Å². The number of hydrogen-bond acceptors (Lipinski definition) is 4. The number of anilines is 2. The van der Waals surface area contributed by atoms with Gasteiger partial charge in [-0.25, -0.2) is 10.2 Å². The van der Waals surface area contributed by atoms with Crippen LogP contribution in [0.5, 0.6) is 5.75 Å². The van der Waals surface area contributed by atoms with E-state index in [0.717, 1.165) is 17.0 Å². The predicted octanol–water partition coefficient (Wildman–Crippen LogP) is 3.20. The van der Waals surface area contributed by atoms with Gasteiger partial charge in [-0.3, -0.25) is 4.79 Å². The van der Waals surface area contributed by atoms with Crippen LogP contribution in [0, 0.1) is 5.92 Å². The molecule has 26 heavy (non-hydrogen) atoms. The van der Waals surface area contributed by atoms with Crippen molar-refractivity contribution in [3.63, 3.8) is 0 Å². The molecule has 3 rings (SSSR count). The van der Waals surface area contributed by atoms with Gasteiger partial charge in [0.05, 0.1) is 12.8 Å². The van der Waals surface area contributed by atoms with E-state index in [0.29, 0.717) is 17.8 Å². The molecule has 0 saturated heterocycles. The lowest BCUT2D eigenvalue weighted by atomic mass is 9.94. The molecule has 2 aromatic rings. The fraction of sp³-hybridized carbons (Fsp3) is 0.211. The molecule has 0 fully saturated rings. The minimum absolute atomic E-state index is 0.0564. The highest BCUT2D eigenvalue weighted by Gasteiger charge is 2.21. The van der Waals surface area contributed by atoms with Crippen molar-refractivity contribution < 1.29 is 14.3 Å².